The zero-order valence-electron chi connectivity index (χ0n) is 14.5. The van der Waals surface area contributed by atoms with Gasteiger partial charge in [0.05, 0.1) is 0 Å². The van der Waals surface area contributed by atoms with Crippen molar-refractivity contribution >= 4 is 46.1 Å². The highest BCUT2D eigenvalue weighted by molar-refractivity contribution is 7.80. The number of benzene rings is 1. The highest BCUT2D eigenvalue weighted by Crippen LogP contribution is 2.28. The molecule has 2 aliphatic heterocycles. The van der Waals surface area contributed by atoms with Crippen molar-refractivity contribution in [2.75, 3.05) is 41.3 Å². The van der Waals surface area contributed by atoms with E-state index in [0.29, 0.717) is 0 Å². The Morgan fingerprint density at radius 3 is 1.58 bits per heavy atom. The normalized spacial score (nSPS) is 18.8. The molecule has 1 aromatic rings. The summed E-state index contributed by atoms with van der Waals surface area (Å²) in [4.78, 5) is 8.26. The third-order valence-electron chi connectivity index (χ3n) is 4.52. The Bertz CT molecular complexity index is 694. The van der Waals surface area contributed by atoms with Gasteiger partial charge in [0.15, 0.2) is 10.2 Å². The highest BCUT2D eigenvalue weighted by atomic mass is 32.1. The second-order valence-corrected chi connectivity index (χ2v) is 6.93. The van der Waals surface area contributed by atoms with E-state index in [1.165, 1.54) is 11.1 Å². The van der Waals surface area contributed by atoms with Crippen molar-refractivity contribution in [2.24, 2.45) is 0 Å². The predicted octanol–water partition coefficient (Wildman–Crippen LogP) is 2.69. The second kappa shape index (κ2) is 6.53. The summed E-state index contributed by atoms with van der Waals surface area (Å²) in [5.74, 6) is 0. The van der Waals surface area contributed by atoms with Crippen molar-refractivity contribution in [3.63, 3.8) is 0 Å². The molecule has 6 heteroatoms. The van der Waals surface area contributed by atoms with E-state index in [4.69, 9.17) is 24.4 Å². The van der Waals surface area contributed by atoms with Crippen molar-refractivity contribution in [1.29, 1.82) is 0 Å². The fourth-order valence-electron chi connectivity index (χ4n) is 3.06. The molecule has 3 rings (SSSR count). The Labute approximate surface area is 154 Å². The molecule has 126 valence electrons. The van der Waals surface area contributed by atoms with Gasteiger partial charge >= 0.3 is 0 Å². The third-order valence-corrected chi connectivity index (χ3v) is 5.69. The lowest BCUT2D eigenvalue weighted by Crippen LogP contribution is -2.41. The average Bonchev–Trinajstić information content (AvgIpc) is 2.58. The Balaban J connectivity index is 1.96. The number of thiocarbonyl (C=S) groups is 2. The summed E-state index contributed by atoms with van der Waals surface area (Å²) in [6, 6.07) is 8.57. The van der Waals surface area contributed by atoms with Gasteiger partial charge in [-0.05, 0) is 53.8 Å². The van der Waals surface area contributed by atoms with E-state index in [0.717, 1.165) is 34.7 Å². The molecule has 0 saturated carbocycles. The van der Waals surface area contributed by atoms with E-state index in [2.05, 4.69) is 56.0 Å². The minimum absolute atomic E-state index is 0.834. The van der Waals surface area contributed by atoms with Crippen LogP contribution in [0.4, 0.5) is 0 Å². The summed E-state index contributed by atoms with van der Waals surface area (Å²) >= 11 is 11.0. The summed E-state index contributed by atoms with van der Waals surface area (Å²) in [6.07, 6.45) is 4.43. The number of likely N-dealkylation sites (N-methyl/N-ethyl adjacent to an activating group) is 2. The Kier molecular flexibility index (Phi) is 4.60. The quantitative estimate of drug-likeness (QED) is 0.749. The van der Waals surface area contributed by atoms with Crippen LogP contribution in [0.25, 0.3) is 11.4 Å². The van der Waals surface area contributed by atoms with Crippen LogP contribution in [0.15, 0.2) is 36.4 Å². The van der Waals surface area contributed by atoms with E-state index < -0.39 is 0 Å². The standard InChI is InChI=1S/C18H22N4S2/c1-19-10-8-15(21(3)17(19)23)13-6-5-7-14(12-13)16-9-11-20(2)18(24)22(16)4/h5-9,12H,10-11H2,1-4H3. The highest BCUT2D eigenvalue weighted by Gasteiger charge is 2.22. The van der Waals surface area contributed by atoms with Crippen LogP contribution in [0.1, 0.15) is 11.1 Å². The smallest absolute Gasteiger partial charge is 0.175 e. The van der Waals surface area contributed by atoms with Crippen LogP contribution in [0, 0.1) is 0 Å². The second-order valence-electron chi connectivity index (χ2n) is 6.20. The molecule has 2 aliphatic rings. The average molecular weight is 359 g/mol. The van der Waals surface area contributed by atoms with Crippen molar-refractivity contribution in [2.45, 2.75) is 0 Å². The van der Waals surface area contributed by atoms with Gasteiger partial charge < -0.3 is 19.6 Å². The molecule has 1 aromatic carbocycles. The van der Waals surface area contributed by atoms with Gasteiger partial charge in [-0.2, -0.15) is 0 Å². The van der Waals surface area contributed by atoms with E-state index in [1.54, 1.807) is 0 Å². The van der Waals surface area contributed by atoms with Gasteiger partial charge in [0, 0.05) is 52.7 Å². The Morgan fingerprint density at radius 2 is 1.17 bits per heavy atom. The van der Waals surface area contributed by atoms with Gasteiger partial charge in [0.25, 0.3) is 0 Å². The van der Waals surface area contributed by atoms with Crippen LogP contribution >= 0.6 is 24.4 Å². The fraction of sp³-hybridized carbons (Fsp3) is 0.333. The van der Waals surface area contributed by atoms with Gasteiger partial charge in [-0.1, -0.05) is 18.2 Å². The Hall–Kier alpha value is -1.92. The summed E-state index contributed by atoms with van der Waals surface area (Å²) in [5.41, 5.74) is 4.65. The SMILES string of the molecule is CN1CC=C(c2cccc(C3=CCN(C)C(=S)N3C)c2)N(C)C1=S. The summed E-state index contributed by atoms with van der Waals surface area (Å²) in [5, 5.41) is 1.68. The molecule has 0 spiro atoms. The maximum absolute atomic E-state index is 5.50. The largest absolute Gasteiger partial charge is 0.348 e. The minimum atomic E-state index is 0.834. The molecular weight excluding hydrogens is 336 g/mol. The van der Waals surface area contributed by atoms with Gasteiger partial charge in [-0.15, -0.1) is 0 Å². The molecule has 0 aromatic heterocycles. The van der Waals surface area contributed by atoms with Crippen LogP contribution in [0.3, 0.4) is 0 Å². The molecule has 0 fully saturated rings. The van der Waals surface area contributed by atoms with Crippen LogP contribution in [-0.4, -0.2) is 71.1 Å². The van der Waals surface area contributed by atoms with Crippen molar-refractivity contribution in [3.05, 3.63) is 47.5 Å². The van der Waals surface area contributed by atoms with Crippen molar-refractivity contribution in [3.8, 4) is 0 Å². The predicted molar refractivity (Wildman–Crippen MR) is 108 cm³/mol. The van der Waals surface area contributed by atoms with Crippen molar-refractivity contribution < 1.29 is 0 Å². The molecule has 0 radical (unpaired) electrons. The molecule has 0 unspecified atom stereocenters. The third kappa shape index (κ3) is 2.91. The first kappa shape index (κ1) is 16.9. The molecule has 2 heterocycles. The van der Waals surface area contributed by atoms with Crippen LogP contribution in [-0.2, 0) is 0 Å². The van der Waals surface area contributed by atoms with Gasteiger partial charge in [0.1, 0.15) is 0 Å². The lowest BCUT2D eigenvalue weighted by molar-refractivity contribution is 0.479. The molecule has 4 nitrogen and oxygen atoms in total. The molecular formula is C18H22N4S2. The van der Waals surface area contributed by atoms with Gasteiger partial charge in [-0.25, -0.2) is 0 Å². The first-order chi connectivity index (χ1) is 11.4. The molecule has 24 heavy (non-hydrogen) atoms. The first-order valence-corrected chi connectivity index (χ1v) is 8.70. The topological polar surface area (TPSA) is 13.0 Å². The molecule has 0 saturated heterocycles. The fourth-order valence-corrected chi connectivity index (χ4v) is 3.40. The number of hydrogen-bond donors (Lipinski definition) is 0. The summed E-state index contributed by atoms with van der Waals surface area (Å²) < 4.78 is 0. The van der Waals surface area contributed by atoms with Crippen molar-refractivity contribution in [1.82, 2.24) is 19.6 Å². The van der Waals surface area contributed by atoms with Crippen LogP contribution in [0.5, 0.6) is 0 Å². The van der Waals surface area contributed by atoms with Gasteiger partial charge in [0.2, 0.25) is 0 Å². The van der Waals surface area contributed by atoms with E-state index >= 15 is 0 Å². The molecule has 0 bridgehead atoms. The van der Waals surface area contributed by atoms with E-state index in [1.807, 2.05) is 28.2 Å². The van der Waals surface area contributed by atoms with Crippen LogP contribution in [0.2, 0.25) is 0 Å². The zero-order valence-corrected chi connectivity index (χ0v) is 16.1. The number of hydrogen-bond acceptors (Lipinski definition) is 2. The first-order valence-electron chi connectivity index (χ1n) is 7.89. The van der Waals surface area contributed by atoms with Gasteiger partial charge in [-0.3, -0.25) is 0 Å². The Morgan fingerprint density at radius 1 is 0.750 bits per heavy atom. The number of rotatable bonds is 2. The maximum atomic E-state index is 5.50. The minimum Gasteiger partial charge on any atom is -0.348 e. The molecule has 0 aliphatic carbocycles. The van der Waals surface area contributed by atoms with E-state index in [-0.39, 0.29) is 0 Å². The number of nitrogens with zero attached hydrogens (tertiary/aromatic N) is 4. The lowest BCUT2D eigenvalue weighted by Gasteiger charge is -2.35. The van der Waals surface area contributed by atoms with E-state index in [9.17, 15) is 0 Å². The molecule has 0 atom stereocenters. The monoisotopic (exact) mass is 358 g/mol. The van der Waals surface area contributed by atoms with Crippen LogP contribution < -0.4 is 0 Å². The summed E-state index contributed by atoms with van der Waals surface area (Å²) in [6.45, 7) is 1.67. The maximum Gasteiger partial charge on any atom is 0.175 e. The zero-order chi connectivity index (χ0) is 17.4. The summed E-state index contributed by atoms with van der Waals surface area (Å²) in [7, 11) is 8.07. The molecule has 0 N–H and O–H groups in total. The lowest BCUT2D eigenvalue weighted by atomic mass is 10.0. The molecule has 0 amide bonds.